The number of rotatable bonds is 7. The topological polar surface area (TPSA) is 72.0 Å². The molecule has 5 aromatic rings. The van der Waals surface area contributed by atoms with Gasteiger partial charge in [0.15, 0.2) is 0 Å². The molecule has 0 spiro atoms. The molecule has 0 amide bonds. The Hall–Kier alpha value is -3.86. The Morgan fingerprint density at radius 3 is 1.38 bits per heavy atom. The molecule has 0 saturated carbocycles. The summed E-state index contributed by atoms with van der Waals surface area (Å²) in [6, 6.07) is 35.7. The van der Waals surface area contributed by atoms with Crippen LogP contribution in [0, 0.1) is 6.92 Å². The standard InChI is InChI=1S/C30H28N2O2/c1-20-12-14-23(15-13-20)30(34)27-19-17-25(32-27)28(21-8-4-2-5-9-21)24-16-18-26(31-24)29(33)22-10-6-3-7-11-22/h2-19,28-34H,1H3. The lowest BCUT2D eigenvalue weighted by Gasteiger charge is -2.17. The van der Waals surface area contributed by atoms with Crippen LogP contribution >= 0.6 is 0 Å². The van der Waals surface area contributed by atoms with Crippen molar-refractivity contribution in [3.05, 3.63) is 154 Å². The molecule has 3 atom stereocenters. The van der Waals surface area contributed by atoms with E-state index >= 15 is 0 Å². The molecular weight excluding hydrogens is 420 g/mol. The first-order valence-corrected chi connectivity index (χ1v) is 11.5. The van der Waals surface area contributed by atoms with Crippen LogP contribution in [-0.4, -0.2) is 20.2 Å². The third-order valence-electron chi connectivity index (χ3n) is 6.31. The van der Waals surface area contributed by atoms with Crippen molar-refractivity contribution in [3.8, 4) is 0 Å². The van der Waals surface area contributed by atoms with Gasteiger partial charge >= 0.3 is 0 Å². The van der Waals surface area contributed by atoms with E-state index in [4.69, 9.17) is 0 Å². The summed E-state index contributed by atoms with van der Waals surface area (Å²) in [5, 5.41) is 21.8. The second kappa shape index (κ2) is 9.56. The minimum Gasteiger partial charge on any atom is -0.382 e. The van der Waals surface area contributed by atoms with Crippen LogP contribution in [0.2, 0.25) is 0 Å². The largest absolute Gasteiger partial charge is 0.382 e. The third-order valence-corrected chi connectivity index (χ3v) is 6.31. The van der Waals surface area contributed by atoms with E-state index in [1.807, 2.05) is 104 Å². The van der Waals surface area contributed by atoms with Gasteiger partial charge in [-0.25, -0.2) is 0 Å². The average Bonchev–Trinajstić information content (AvgIpc) is 3.56. The summed E-state index contributed by atoms with van der Waals surface area (Å²) in [5.74, 6) is -0.100. The van der Waals surface area contributed by atoms with E-state index in [0.29, 0.717) is 0 Å². The fourth-order valence-electron chi connectivity index (χ4n) is 4.43. The Labute approximate surface area is 199 Å². The highest BCUT2D eigenvalue weighted by Gasteiger charge is 2.23. The monoisotopic (exact) mass is 448 g/mol. The second-order valence-electron chi connectivity index (χ2n) is 8.71. The Morgan fingerprint density at radius 1 is 0.471 bits per heavy atom. The summed E-state index contributed by atoms with van der Waals surface area (Å²) in [6.45, 7) is 2.03. The lowest BCUT2D eigenvalue weighted by Crippen LogP contribution is -2.07. The molecule has 2 heterocycles. The molecule has 4 N–H and O–H groups in total. The molecule has 34 heavy (non-hydrogen) atoms. The van der Waals surface area contributed by atoms with Crippen molar-refractivity contribution in [1.29, 1.82) is 0 Å². The minimum atomic E-state index is -0.732. The van der Waals surface area contributed by atoms with Crippen LogP contribution in [0.3, 0.4) is 0 Å². The first-order valence-electron chi connectivity index (χ1n) is 11.5. The zero-order valence-electron chi connectivity index (χ0n) is 19.0. The van der Waals surface area contributed by atoms with Crippen molar-refractivity contribution in [1.82, 2.24) is 9.97 Å². The Balaban J connectivity index is 1.49. The number of H-pyrrole nitrogens is 2. The Bertz CT molecular complexity index is 1340. The number of aryl methyl sites for hydroxylation is 1. The van der Waals surface area contributed by atoms with Crippen molar-refractivity contribution < 1.29 is 10.2 Å². The van der Waals surface area contributed by atoms with Crippen LogP contribution in [0.4, 0.5) is 0 Å². The number of aliphatic hydroxyl groups excluding tert-OH is 2. The first-order chi connectivity index (χ1) is 16.6. The molecule has 0 saturated heterocycles. The molecule has 3 unspecified atom stereocenters. The number of hydrogen-bond acceptors (Lipinski definition) is 2. The summed E-state index contributed by atoms with van der Waals surface area (Å²) in [4.78, 5) is 6.91. The summed E-state index contributed by atoms with van der Waals surface area (Å²) < 4.78 is 0. The van der Waals surface area contributed by atoms with Crippen LogP contribution in [0.1, 0.15) is 63.2 Å². The van der Waals surface area contributed by atoms with Gasteiger partial charge < -0.3 is 20.2 Å². The van der Waals surface area contributed by atoms with Gasteiger partial charge in [-0.1, -0.05) is 90.5 Å². The maximum absolute atomic E-state index is 10.9. The predicted octanol–water partition coefficient (Wildman–Crippen LogP) is 5.99. The molecule has 4 heteroatoms. The van der Waals surface area contributed by atoms with Gasteiger partial charge in [-0.2, -0.15) is 0 Å². The van der Waals surface area contributed by atoms with Gasteiger partial charge in [0.25, 0.3) is 0 Å². The molecule has 0 aliphatic carbocycles. The lowest BCUT2D eigenvalue weighted by atomic mass is 9.93. The molecule has 4 nitrogen and oxygen atoms in total. The Kier molecular flexibility index (Phi) is 6.17. The fraction of sp³-hybridized carbons (Fsp3) is 0.133. The molecule has 0 radical (unpaired) electrons. The molecule has 0 aliphatic heterocycles. The van der Waals surface area contributed by atoms with E-state index in [-0.39, 0.29) is 5.92 Å². The van der Waals surface area contributed by atoms with Crippen LogP contribution in [0.25, 0.3) is 0 Å². The summed E-state index contributed by atoms with van der Waals surface area (Å²) in [5.41, 5.74) is 7.39. The highest BCUT2D eigenvalue weighted by atomic mass is 16.3. The third kappa shape index (κ3) is 4.46. The van der Waals surface area contributed by atoms with Crippen molar-refractivity contribution in [2.24, 2.45) is 0 Å². The van der Waals surface area contributed by atoms with Crippen molar-refractivity contribution in [3.63, 3.8) is 0 Å². The number of nitrogens with one attached hydrogen (secondary N) is 2. The van der Waals surface area contributed by atoms with Gasteiger partial charge in [-0.3, -0.25) is 0 Å². The summed E-state index contributed by atoms with van der Waals surface area (Å²) in [6.07, 6.45) is -1.46. The zero-order chi connectivity index (χ0) is 23.5. The number of aromatic amines is 2. The molecule has 0 fully saturated rings. The maximum Gasteiger partial charge on any atom is 0.119 e. The number of hydrogen-bond donors (Lipinski definition) is 4. The SMILES string of the molecule is Cc1ccc(C(O)c2ccc(C(c3ccccc3)c3ccc(C(O)c4ccccc4)[nH]3)[nH]2)cc1. The highest BCUT2D eigenvalue weighted by molar-refractivity contribution is 5.41. The summed E-state index contributed by atoms with van der Waals surface area (Å²) in [7, 11) is 0. The van der Waals surface area contributed by atoms with E-state index in [0.717, 1.165) is 45.0 Å². The van der Waals surface area contributed by atoms with Crippen molar-refractivity contribution >= 4 is 0 Å². The first kappa shape index (κ1) is 22.0. The lowest BCUT2D eigenvalue weighted by molar-refractivity contribution is 0.216. The van der Waals surface area contributed by atoms with E-state index in [1.54, 1.807) is 0 Å². The number of aromatic nitrogens is 2. The molecule has 5 rings (SSSR count). The quantitative estimate of drug-likeness (QED) is 0.247. The van der Waals surface area contributed by atoms with E-state index in [1.165, 1.54) is 0 Å². The molecule has 2 aromatic heterocycles. The minimum absolute atomic E-state index is 0.100. The van der Waals surface area contributed by atoms with Crippen molar-refractivity contribution in [2.75, 3.05) is 0 Å². The van der Waals surface area contributed by atoms with Crippen LogP contribution in [-0.2, 0) is 0 Å². The molecule has 0 bridgehead atoms. The maximum atomic E-state index is 10.9. The van der Waals surface area contributed by atoms with E-state index in [9.17, 15) is 10.2 Å². The van der Waals surface area contributed by atoms with Gasteiger partial charge in [0.1, 0.15) is 12.2 Å². The van der Waals surface area contributed by atoms with Gasteiger partial charge in [-0.05, 0) is 47.9 Å². The smallest absolute Gasteiger partial charge is 0.119 e. The second-order valence-corrected chi connectivity index (χ2v) is 8.71. The molecular formula is C30H28N2O2. The van der Waals surface area contributed by atoms with E-state index < -0.39 is 12.2 Å². The zero-order valence-corrected chi connectivity index (χ0v) is 19.0. The Morgan fingerprint density at radius 2 is 0.882 bits per heavy atom. The van der Waals surface area contributed by atoms with E-state index in [2.05, 4.69) is 22.1 Å². The average molecular weight is 449 g/mol. The van der Waals surface area contributed by atoms with Gasteiger partial charge in [0.2, 0.25) is 0 Å². The normalized spacial score (nSPS) is 14.0. The highest BCUT2D eigenvalue weighted by Crippen LogP contribution is 2.34. The van der Waals surface area contributed by atoms with Crippen LogP contribution in [0.15, 0.2) is 109 Å². The van der Waals surface area contributed by atoms with Gasteiger partial charge in [-0.15, -0.1) is 0 Å². The van der Waals surface area contributed by atoms with Gasteiger partial charge in [0.05, 0.1) is 5.92 Å². The predicted molar refractivity (Wildman–Crippen MR) is 135 cm³/mol. The van der Waals surface area contributed by atoms with Crippen LogP contribution < -0.4 is 0 Å². The van der Waals surface area contributed by atoms with Crippen molar-refractivity contribution in [2.45, 2.75) is 25.0 Å². The molecule has 0 aliphatic rings. The molecule has 3 aromatic carbocycles. The number of benzene rings is 3. The number of aliphatic hydroxyl groups is 2. The van der Waals surface area contributed by atoms with Crippen LogP contribution in [0.5, 0.6) is 0 Å². The fourth-order valence-corrected chi connectivity index (χ4v) is 4.43. The summed E-state index contributed by atoms with van der Waals surface area (Å²) >= 11 is 0. The van der Waals surface area contributed by atoms with Gasteiger partial charge in [0, 0.05) is 22.8 Å². The molecule has 170 valence electrons.